The number of halogens is 1. The Morgan fingerprint density at radius 2 is 2.06 bits per heavy atom. The predicted octanol–water partition coefficient (Wildman–Crippen LogP) is 2.04. The fourth-order valence-electron chi connectivity index (χ4n) is 1.54. The van der Waals surface area contributed by atoms with Gasteiger partial charge in [-0.05, 0) is 31.2 Å². The zero-order valence-electron chi connectivity index (χ0n) is 9.01. The lowest BCUT2D eigenvalue weighted by atomic mass is 10.3. The summed E-state index contributed by atoms with van der Waals surface area (Å²) in [6, 6.07) is 7.30. The van der Waals surface area contributed by atoms with Crippen molar-refractivity contribution in [3.05, 3.63) is 50.3 Å². The van der Waals surface area contributed by atoms with Gasteiger partial charge in [0, 0.05) is 10.2 Å². The standard InChI is InChI=1S/C11H10BrN3O2/c1-7-10(6-13-17)11(16)15(14-7)9-4-2-8(12)3-5-9/h2-6,14,17H,1H3/b13-6+. The third-order valence-corrected chi connectivity index (χ3v) is 2.92. The lowest BCUT2D eigenvalue weighted by Gasteiger charge is -2.00. The highest BCUT2D eigenvalue weighted by Crippen LogP contribution is 2.12. The van der Waals surface area contributed by atoms with Crippen molar-refractivity contribution in [3.63, 3.8) is 0 Å². The Balaban J connectivity index is 2.57. The molecule has 5 nitrogen and oxygen atoms in total. The maximum Gasteiger partial charge on any atom is 0.280 e. The third kappa shape index (κ3) is 2.16. The number of oxime groups is 1. The number of hydrogen-bond acceptors (Lipinski definition) is 3. The zero-order chi connectivity index (χ0) is 12.4. The molecule has 2 N–H and O–H groups in total. The quantitative estimate of drug-likeness (QED) is 0.506. The van der Waals surface area contributed by atoms with Crippen molar-refractivity contribution in [1.29, 1.82) is 0 Å². The van der Waals surface area contributed by atoms with Gasteiger partial charge in [0.25, 0.3) is 5.56 Å². The summed E-state index contributed by atoms with van der Waals surface area (Å²) in [6.45, 7) is 1.74. The minimum Gasteiger partial charge on any atom is -0.411 e. The summed E-state index contributed by atoms with van der Waals surface area (Å²) in [6.07, 6.45) is 1.13. The molecule has 0 aliphatic heterocycles. The Morgan fingerprint density at radius 1 is 1.41 bits per heavy atom. The van der Waals surface area contributed by atoms with Crippen molar-refractivity contribution < 1.29 is 5.21 Å². The van der Waals surface area contributed by atoms with Crippen LogP contribution < -0.4 is 5.56 Å². The molecule has 0 bridgehead atoms. The van der Waals surface area contributed by atoms with Gasteiger partial charge >= 0.3 is 0 Å². The fourth-order valence-corrected chi connectivity index (χ4v) is 1.81. The monoisotopic (exact) mass is 295 g/mol. The Hall–Kier alpha value is -1.82. The number of aryl methyl sites for hydroxylation is 1. The van der Waals surface area contributed by atoms with E-state index < -0.39 is 0 Å². The van der Waals surface area contributed by atoms with E-state index in [1.54, 1.807) is 19.1 Å². The van der Waals surface area contributed by atoms with E-state index in [0.717, 1.165) is 16.4 Å². The van der Waals surface area contributed by atoms with Gasteiger partial charge in [-0.15, -0.1) is 0 Å². The Kier molecular flexibility index (Phi) is 3.14. The number of nitrogens with one attached hydrogen (secondary N) is 1. The lowest BCUT2D eigenvalue weighted by Crippen LogP contribution is -2.17. The number of aromatic amines is 1. The molecule has 0 unspecified atom stereocenters. The van der Waals surface area contributed by atoms with E-state index >= 15 is 0 Å². The molecule has 6 heteroatoms. The van der Waals surface area contributed by atoms with Crippen LogP contribution in [0.15, 0.2) is 38.7 Å². The summed E-state index contributed by atoms with van der Waals surface area (Å²) >= 11 is 3.33. The molecule has 88 valence electrons. The molecule has 0 aliphatic carbocycles. The highest BCUT2D eigenvalue weighted by atomic mass is 79.9. The molecule has 0 saturated carbocycles. The molecule has 2 aromatic rings. The van der Waals surface area contributed by atoms with Crippen LogP contribution in [0.4, 0.5) is 0 Å². The van der Waals surface area contributed by atoms with E-state index in [-0.39, 0.29) is 5.56 Å². The molecule has 17 heavy (non-hydrogen) atoms. The van der Waals surface area contributed by atoms with Gasteiger partial charge in [-0.25, -0.2) is 4.68 Å². The molecule has 1 aromatic carbocycles. The third-order valence-electron chi connectivity index (χ3n) is 2.39. The van der Waals surface area contributed by atoms with E-state index in [1.165, 1.54) is 4.68 Å². The van der Waals surface area contributed by atoms with Crippen molar-refractivity contribution >= 4 is 22.1 Å². The lowest BCUT2D eigenvalue weighted by molar-refractivity contribution is 0.322. The summed E-state index contributed by atoms with van der Waals surface area (Å²) in [7, 11) is 0. The SMILES string of the molecule is Cc1[nH]n(-c2ccc(Br)cc2)c(=O)c1/C=N/O. The van der Waals surface area contributed by atoms with E-state index in [2.05, 4.69) is 26.2 Å². The first kappa shape index (κ1) is 11.7. The molecular formula is C11H10BrN3O2. The number of hydrogen-bond donors (Lipinski definition) is 2. The molecule has 1 aromatic heterocycles. The van der Waals surface area contributed by atoms with Gasteiger partial charge in [-0.3, -0.25) is 9.89 Å². The van der Waals surface area contributed by atoms with Crippen LogP contribution in [0, 0.1) is 6.92 Å². The van der Waals surface area contributed by atoms with E-state index in [4.69, 9.17) is 5.21 Å². The maximum absolute atomic E-state index is 12.0. The Bertz CT molecular complexity index is 611. The minimum atomic E-state index is -0.248. The number of benzene rings is 1. The highest BCUT2D eigenvalue weighted by Gasteiger charge is 2.10. The summed E-state index contributed by atoms with van der Waals surface area (Å²) in [5.74, 6) is 0. The Morgan fingerprint density at radius 3 is 2.65 bits per heavy atom. The first-order valence-electron chi connectivity index (χ1n) is 4.88. The second-order valence-corrected chi connectivity index (χ2v) is 4.43. The topological polar surface area (TPSA) is 70.4 Å². The normalized spacial score (nSPS) is 11.2. The fraction of sp³-hybridized carbons (Fsp3) is 0.0909. The summed E-state index contributed by atoms with van der Waals surface area (Å²) in [5.41, 5.74) is 1.47. The van der Waals surface area contributed by atoms with E-state index in [1.807, 2.05) is 12.1 Å². The van der Waals surface area contributed by atoms with Gasteiger partial charge in [-0.1, -0.05) is 21.1 Å². The van der Waals surface area contributed by atoms with Crippen LogP contribution in [0.1, 0.15) is 11.3 Å². The molecule has 0 spiro atoms. The van der Waals surface area contributed by atoms with Gasteiger partial charge in [0.1, 0.15) is 0 Å². The Labute approximate surface area is 105 Å². The molecule has 2 rings (SSSR count). The number of rotatable bonds is 2. The first-order valence-corrected chi connectivity index (χ1v) is 5.68. The molecule has 0 fully saturated rings. The molecular weight excluding hydrogens is 286 g/mol. The average Bonchev–Trinajstić information content (AvgIpc) is 2.59. The van der Waals surface area contributed by atoms with Gasteiger partial charge < -0.3 is 5.21 Å². The van der Waals surface area contributed by atoms with Crippen molar-refractivity contribution in [2.45, 2.75) is 6.92 Å². The second-order valence-electron chi connectivity index (χ2n) is 3.51. The van der Waals surface area contributed by atoms with Crippen LogP contribution in [0.5, 0.6) is 0 Å². The second kappa shape index (κ2) is 4.58. The maximum atomic E-state index is 12.0. The predicted molar refractivity (Wildman–Crippen MR) is 68.2 cm³/mol. The van der Waals surface area contributed by atoms with Crippen LogP contribution in [-0.2, 0) is 0 Å². The van der Waals surface area contributed by atoms with Gasteiger partial charge in [0.15, 0.2) is 0 Å². The highest BCUT2D eigenvalue weighted by molar-refractivity contribution is 9.10. The molecule has 0 aliphatic rings. The molecule has 1 heterocycles. The van der Waals surface area contributed by atoms with Gasteiger partial charge in [-0.2, -0.15) is 0 Å². The molecule has 0 amide bonds. The molecule has 0 saturated heterocycles. The van der Waals surface area contributed by atoms with Crippen LogP contribution >= 0.6 is 15.9 Å². The molecule has 0 atom stereocenters. The van der Waals surface area contributed by atoms with Crippen molar-refractivity contribution in [3.8, 4) is 5.69 Å². The van der Waals surface area contributed by atoms with Gasteiger partial charge in [0.05, 0.1) is 17.5 Å². The van der Waals surface area contributed by atoms with E-state index in [9.17, 15) is 4.79 Å². The largest absolute Gasteiger partial charge is 0.411 e. The number of aromatic nitrogens is 2. The van der Waals surface area contributed by atoms with Crippen molar-refractivity contribution in [2.75, 3.05) is 0 Å². The van der Waals surface area contributed by atoms with Gasteiger partial charge in [0.2, 0.25) is 0 Å². The summed E-state index contributed by atoms with van der Waals surface area (Å²) < 4.78 is 2.34. The van der Waals surface area contributed by atoms with Crippen LogP contribution in [0.3, 0.4) is 0 Å². The average molecular weight is 296 g/mol. The molecule has 0 radical (unpaired) electrons. The van der Waals surface area contributed by atoms with E-state index in [0.29, 0.717) is 11.3 Å². The summed E-state index contributed by atoms with van der Waals surface area (Å²) in [5, 5.41) is 14.3. The summed E-state index contributed by atoms with van der Waals surface area (Å²) in [4.78, 5) is 12.0. The zero-order valence-corrected chi connectivity index (χ0v) is 10.6. The minimum absolute atomic E-state index is 0.248. The first-order chi connectivity index (χ1) is 8.13. The smallest absolute Gasteiger partial charge is 0.280 e. The van der Waals surface area contributed by atoms with Crippen LogP contribution in [-0.4, -0.2) is 21.2 Å². The number of H-pyrrole nitrogens is 1. The van der Waals surface area contributed by atoms with Crippen LogP contribution in [0.2, 0.25) is 0 Å². The van der Waals surface area contributed by atoms with Crippen molar-refractivity contribution in [2.24, 2.45) is 5.16 Å². The van der Waals surface area contributed by atoms with Crippen molar-refractivity contribution in [1.82, 2.24) is 9.78 Å². The van der Waals surface area contributed by atoms with Crippen LogP contribution in [0.25, 0.3) is 5.69 Å². The number of nitrogens with zero attached hydrogens (tertiary/aromatic N) is 2.